The Hall–Kier alpha value is -1.04. The highest BCUT2D eigenvalue weighted by Gasteiger charge is 2.05. The fourth-order valence-electron chi connectivity index (χ4n) is 1.24. The van der Waals surface area contributed by atoms with Gasteiger partial charge in [-0.3, -0.25) is 0 Å². The van der Waals surface area contributed by atoms with Crippen LogP contribution in [0, 0.1) is 18.3 Å². The number of benzene rings is 1. The largest absolute Gasteiger partial charge is 0.192 e. The SMILES string of the molecule is Cc1cc2c(C#N)csc2cc1Cl. The van der Waals surface area contributed by atoms with E-state index in [1.165, 1.54) is 0 Å². The van der Waals surface area contributed by atoms with Crippen molar-refractivity contribution in [2.75, 3.05) is 0 Å². The van der Waals surface area contributed by atoms with Crippen LogP contribution >= 0.6 is 22.9 Å². The molecule has 0 atom stereocenters. The molecule has 0 saturated carbocycles. The van der Waals surface area contributed by atoms with Crippen LogP contribution in [0.4, 0.5) is 0 Å². The number of hydrogen-bond donors (Lipinski definition) is 0. The molecule has 0 aliphatic carbocycles. The summed E-state index contributed by atoms with van der Waals surface area (Å²) in [5.74, 6) is 0. The summed E-state index contributed by atoms with van der Waals surface area (Å²) < 4.78 is 1.08. The van der Waals surface area contributed by atoms with Gasteiger partial charge in [-0.2, -0.15) is 5.26 Å². The fourth-order valence-corrected chi connectivity index (χ4v) is 2.38. The summed E-state index contributed by atoms with van der Waals surface area (Å²) in [4.78, 5) is 0. The van der Waals surface area contributed by atoms with Crippen LogP contribution < -0.4 is 0 Å². The van der Waals surface area contributed by atoms with E-state index in [1.807, 2.05) is 24.4 Å². The topological polar surface area (TPSA) is 23.8 Å². The summed E-state index contributed by atoms with van der Waals surface area (Å²) in [5, 5.41) is 12.4. The molecule has 0 amide bonds. The molecule has 2 rings (SSSR count). The highest BCUT2D eigenvalue weighted by Crippen LogP contribution is 2.30. The standard InChI is InChI=1S/C10H6ClNS/c1-6-2-8-7(4-12)5-13-10(8)3-9(6)11/h2-3,5H,1H3. The van der Waals surface area contributed by atoms with Crippen LogP contribution in [0.1, 0.15) is 11.1 Å². The van der Waals surface area contributed by atoms with Crippen molar-refractivity contribution in [3.8, 4) is 6.07 Å². The smallest absolute Gasteiger partial charge is 0.101 e. The third kappa shape index (κ3) is 1.31. The van der Waals surface area contributed by atoms with E-state index in [1.54, 1.807) is 11.3 Å². The summed E-state index contributed by atoms with van der Waals surface area (Å²) in [7, 11) is 0. The van der Waals surface area contributed by atoms with Crippen LogP contribution in [0.2, 0.25) is 5.02 Å². The van der Waals surface area contributed by atoms with Crippen molar-refractivity contribution in [3.63, 3.8) is 0 Å². The quantitative estimate of drug-likeness (QED) is 0.646. The minimum atomic E-state index is 0.736. The van der Waals surface area contributed by atoms with Crippen LogP contribution in [0.15, 0.2) is 17.5 Å². The normalized spacial score (nSPS) is 10.2. The van der Waals surface area contributed by atoms with Gasteiger partial charge < -0.3 is 0 Å². The van der Waals surface area contributed by atoms with E-state index in [0.29, 0.717) is 0 Å². The minimum absolute atomic E-state index is 0.736. The van der Waals surface area contributed by atoms with Gasteiger partial charge in [0, 0.05) is 20.5 Å². The van der Waals surface area contributed by atoms with Crippen molar-refractivity contribution in [1.82, 2.24) is 0 Å². The molecule has 1 aromatic carbocycles. The first-order valence-electron chi connectivity index (χ1n) is 3.80. The lowest BCUT2D eigenvalue weighted by Crippen LogP contribution is -1.75. The van der Waals surface area contributed by atoms with Crippen LogP contribution in [-0.4, -0.2) is 0 Å². The maximum absolute atomic E-state index is 8.81. The number of halogens is 1. The number of rotatable bonds is 0. The lowest BCUT2D eigenvalue weighted by Gasteiger charge is -1.97. The van der Waals surface area contributed by atoms with Gasteiger partial charge in [0.25, 0.3) is 0 Å². The summed E-state index contributed by atoms with van der Waals surface area (Å²) in [6.45, 7) is 1.95. The maximum Gasteiger partial charge on any atom is 0.101 e. The van der Waals surface area contributed by atoms with E-state index >= 15 is 0 Å². The summed E-state index contributed by atoms with van der Waals surface area (Å²) in [6, 6.07) is 6.04. The van der Waals surface area contributed by atoms with Crippen LogP contribution in [0.3, 0.4) is 0 Å². The van der Waals surface area contributed by atoms with Crippen molar-refractivity contribution >= 4 is 33.0 Å². The third-order valence-corrected chi connectivity index (χ3v) is 3.33. The molecule has 0 bridgehead atoms. The van der Waals surface area contributed by atoms with E-state index in [2.05, 4.69) is 6.07 Å². The Morgan fingerprint density at radius 1 is 1.46 bits per heavy atom. The molecule has 0 aliphatic rings. The van der Waals surface area contributed by atoms with E-state index in [-0.39, 0.29) is 0 Å². The lowest BCUT2D eigenvalue weighted by atomic mass is 10.1. The van der Waals surface area contributed by atoms with Gasteiger partial charge in [0.05, 0.1) is 5.56 Å². The van der Waals surface area contributed by atoms with Gasteiger partial charge in [0.2, 0.25) is 0 Å². The summed E-state index contributed by atoms with van der Waals surface area (Å²) >= 11 is 7.52. The van der Waals surface area contributed by atoms with Gasteiger partial charge in [0.1, 0.15) is 6.07 Å². The second kappa shape index (κ2) is 3.02. The molecule has 0 spiro atoms. The third-order valence-electron chi connectivity index (χ3n) is 1.98. The van der Waals surface area contributed by atoms with Gasteiger partial charge in [-0.05, 0) is 24.6 Å². The molecular formula is C10H6ClNS. The summed E-state index contributed by atoms with van der Waals surface area (Å²) in [5.41, 5.74) is 1.75. The Morgan fingerprint density at radius 3 is 2.92 bits per heavy atom. The van der Waals surface area contributed by atoms with E-state index < -0.39 is 0 Å². The molecule has 2 aromatic rings. The fraction of sp³-hybridized carbons (Fsp3) is 0.100. The second-order valence-electron chi connectivity index (χ2n) is 2.86. The number of fused-ring (bicyclic) bond motifs is 1. The minimum Gasteiger partial charge on any atom is -0.192 e. The van der Waals surface area contributed by atoms with Crippen molar-refractivity contribution < 1.29 is 0 Å². The number of thiophene rings is 1. The molecule has 1 aromatic heterocycles. The predicted octanol–water partition coefficient (Wildman–Crippen LogP) is 3.73. The average molecular weight is 208 g/mol. The molecule has 0 saturated heterocycles. The van der Waals surface area contributed by atoms with E-state index in [9.17, 15) is 0 Å². The molecule has 0 unspecified atom stereocenters. The number of nitrogens with zero attached hydrogens (tertiary/aromatic N) is 1. The first-order chi connectivity index (χ1) is 6.22. The van der Waals surface area contributed by atoms with Crippen molar-refractivity contribution in [3.05, 3.63) is 33.7 Å². The Bertz CT molecular complexity index is 507. The molecule has 3 heteroatoms. The van der Waals surface area contributed by atoms with Crippen LogP contribution in [-0.2, 0) is 0 Å². The zero-order valence-electron chi connectivity index (χ0n) is 6.97. The van der Waals surface area contributed by atoms with E-state index in [0.717, 1.165) is 26.2 Å². The highest BCUT2D eigenvalue weighted by molar-refractivity contribution is 7.17. The molecule has 0 N–H and O–H groups in total. The number of nitriles is 1. The van der Waals surface area contributed by atoms with Gasteiger partial charge in [-0.25, -0.2) is 0 Å². The number of hydrogen-bond acceptors (Lipinski definition) is 2. The lowest BCUT2D eigenvalue weighted by molar-refractivity contribution is 1.49. The molecule has 0 aliphatic heterocycles. The zero-order chi connectivity index (χ0) is 9.42. The average Bonchev–Trinajstić information content (AvgIpc) is 2.48. The Morgan fingerprint density at radius 2 is 2.23 bits per heavy atom. The second-order valence-corrected chi connectivity index (χ2v) is 4.18. The highest BCUT2D eigenvalue weighted by atomic mass is 35.5. The first-order valence-corrected chi connectivity index (χ1v) is 5.05. The molecule has 13 heavy (non-hydrogen) atoms. The molecular weight excluding hydrogens is 202 g/mol. The summed E-state index contributed by atoms with van der Waals surface area (Å²) in [6.07, 6.45) is 0. The van der Waals surface area contributed by atoms with Gasteiger partial charge in [0.15, 0.2) is 0 Å². The molecule has 64 valence electrons. The molecule has 0 radical (unpaired) electrons. The van der Waals surface area contributed by atoms with Crippen molar-refractivity contribution in [2.24, 2.45) is 0 Å². The van der Waals surface area contributed by atoms with Gasteiger partial charge >= 0.3 is 0 Å². The first kappa shape index (κ1) is 8.55. The van der Waals surface area contributed by atoms with Crippen molar-refractivity contribution in [2.45, 2.75) is 6.92 Å². The van der Waals surface area contributed by atoms with Gasteiger partial charge in [-0.1, -0.05) is 11.6 Å². The zero-order valence-corrected chi connectivity index (χ0v) is 8.54. The molecule has 0 fully saturated rings. The monoisotopic (exact) mass is 207 g/mol. The molecule has 1 heterocycles. The van der Waals surface area contributed by atoms with Crippen molar-refractivity contribution in [1.29, 1.82) is 5.26 Å². The van der Waals surface area contributed by atoms with Gasteiger partial charge in [-0.15, -0.1) is 11.3 Å². The number of aryl methyl sites for hydroxylation is 1. The Labute approximate surface area is 85.2 Å². The molecule has 1 nitrogen and oxygen atoms in total. The van der Waals surface area contributed by atoms with Crippen LogP contribution in [0.25, 0.3) is 10.1 Å². The predicted molar refractivity (Wildman–Crippen MR) is 56.3 cm³/mol. The Balaban J connectivity index is 2.86. The maximum atomic E-state index is 8.81. The van der Waals surface area contributed by atoms with Crippen LogP contribution in [0.5, 0.6) is 0 Å². The Kier molecular flexibility index (Phi) is 1.99. The van der Waals surface area contributed by atoms with E-state index in [4.69, 9.17) is 16.9 Å².